The molecular formula is C16H21NO3. The Hall–Kier alpha value is -1.97. The van der Waals surface area contributed by atoms with Crippen LogP contribution < -0.4 is 10.1 Å². The zero-order valence-corrected chi connectivity index (χ0v) is 12.0. The number of carbonyl (C=O) groups excluding carboxylic acids is 1. The molecule has 4 heteroatoms. The SMILES string of the molecule is C=CC[C@@H]1Cc2cc(OC)ccc2NC1C(=O)OCC. The number of hydrogen-bond acceptors (Lipinski definition) is 4. The molecule has 1 unspecified atom stereocenters. The summed E-state index contributed by atoms with van der Waals surface area (Å²) in [6.07, 6.45) is 3.44. The summed E-state index contributed by atoms with van der Waals surface area (Å²) in [5.74, 6) is 0.796. The van der Waals surface area contributed by atoms with E-state index >= 15 is 0 Å². The van der Waals surface area contributed by atoms with Crippen molar-refractivity contribution >= 4 is 11.7 Å². The Morgan fingerprint density at radius 1 is 1.55 bits per heavy atom. The quantitative estimate of drug-likeness (QED) is 0.663. The summed E-state index contributed by atoms with van der Waals surface area (Å²) in [4.78, 5) is 12.1. The van der Waals surface area contributed by atoms with Crippen LogP contribution in [0.15, 0.2) is 30.9 Å². The van der Waals surface area contributed by atoms with Crippen LogP contribution >= 0.6 is 0 Å². The lowest BCUT2D eigenvalue weighted by molar-refractivity contribution is -0.145. The zero-order chi connectivity index (χ0) is 14.5. The van der Waals surface area contributed by atoms with Crippen LogP contribution in [0.25, 0.3) is 0 Å². The number of ether oxygens (including phenoxy) is 2. The third-order valence-corrected chi connectivity index (χ3v) is 3.59. The van der Waals surface area contributed by atoms with Crippen LogP contribution in [-0.2, 0) is 16.0 Å². The highest BCUT2D eigenvalue weighted by atomic mass is 16.5. The van der Waals surface area contributed by atoms with E-state index in [1.807, 2.05) is 31.2 Å². The molecule has 0 aliphatic carbocycles. The number of hydrogen-bond donors (Lipinski definition) is 1. The molecule has 1 aromatic carbocycles. The number of nitrogens with one attached hydrogen (secondary N) is 1. The first kappa shape index (κ1) is 14.4. The molecule has 0 radical (unpaired) electrons. The lowest BCUT2D eigenvalue weighted by Crippen LogP contribution is -2.42. The predicted molar refractivity (Wildman–Crippen MR) is 79.0 cm³/mol. The Bertz CT molecular complexity index is 498. The molecule has 0 saturated heterocycles. The van der Waals surface area contributed by atoms with E-state index in [2.05, 4.69) is 11.9 Å². The Morgan fingerprint density at radius 2 is 2.35 bits per heavy atom. The first-order chi connectivity index (χ1) is 9.69. The van der Waals surface area contributed by atoms with Crippen LogP contribution in [0.3, 0.4) is 0 Å². The molecular weight excluding hydrogens is 254 g/mol. The van der Waals surface area contributed by atoms with E-state index in [0.29, 0.717) is 6.61 Å². The maximum absolute atomic E-state index is 12.1. The van der Waals surface area contributed by atoms with Crippen LogP contribution in [0.2, 0.25) is 0 Å². The standard InChI is InChI=1S/C16H21NO3/c1-4-6-11-9-12-10-13(19-3)7-8-14(12)17-15(11)16(18)20-5-2/h4,7-8,10-11,15,17H,1,5-6,9H2,2-3H3/t11-,15?/m1/s1. The maximum atomic E-state index is 12.1. The molecule has 0 bridgehead atoms. The van der Waals surface area contributed by atoms with E-state index in [1.165, 1.54) is 0 Å². The van der Waals surface area contributed by atoms with Crippen molar-refractivity contribution in [2.75, 3.05) is 19.0 Å². The number of allylic oxidation sites excluding steroid dienone is 1. The lowest BCUT2D eigenvalue weighted by atomic mass is 9.85. The molecule has 1 aliphatic heterocycles. The molecule has 4 nitrogen and oxygen atoms in total. The average molecular weight is 275 g/mol. The van der Waals surface area contributed by atoms with Gasteiger partial charge in [-0.15, -0.1) is 6.58 Å². The number of benzene rings is 1. The van der Waals surface area contributed by atoms with Crippen molar-refractivity contribution in [2.45, 2.75) is 25.8 Å². The van der Waals surface area contributed by atoms with E-state index in [0.717, 1.165) is 29.8 Å². The summed E-state index contributed by atoms with van der Waals surface area (Å²) in [6, 6.07) is 5.54. The minimum absolute atomic E-state index is 0.158. The van der Waals surface area contributed by atoms with Gasteiger partial charge in [-0.1, -0.05) is 6.08 Å². The Balaban J connectivity index is 2.26. The molecule has 20 heavy (non-hydrogen) atoms. The average Bonchev–Trinajstić information content (AvgIpc) is 2.46. The van der Waals surface area contributed by atoms with Gasteiger partial charge in [0.1, 0.15) is 11.8 Å². The Labute approximate surface area is 119 Å². The summed E-state index contributed by atoms with van der Waals surface area (Å²) in [6.45, 7) is 6.00. The van der Waals surface area contributed by atoms with Gasteiger partial charge in [-0.05, 0) is 49.4 Å². The number of rotatable bonds is 5. The molecule has 1 aliphatic rings. The molecule has 0 spiro atoms. The second-order valence-corrected chi connectivity index (χ2v) is 4.89. The highest BCUT2D eigenvalue weighted by molar-refractivity contribution is 5.81. The fourth-order valence-corrected chi connectivity index (χ4v) is 2.61. The Kier molecular flexibility index (Phi) is 4.66. The van der Waals surface area contributed by atoms with Crippen molar-refractivity contribution in [3.05, 3.63) is 36.4 Å². The smallest absolute Gasteiger partial charge is 0.328 e. The number of methoxy groups -OCH3 is 1. The Morgan fingerprint density at radius 3 is 3.00 bits per heavy atom. The van der Waals surface area contributed by atoms with Gasteiger partial charge < -0.3 is 14.8 Å². The molecule has 0 fully saturated rings. The topological polar surface area (TPSA) is 47.6 Å². The van der Waals surface area contributed by atoms with E-state index in [-0.39, 0.29) is 17.9 Å². The van der Waals surface area contributed by atoms with Gasteiger partial charge in [0.15, 0.2) is 0 Å². The van der Waals surface area contributed by atoms with E-state index < -0.39 is 0 Å². The predicted octanol–water partition coefficient (Wildman–Crippen LogP) is 2.79. The third kappa shape index (κ3) is 2.95. The highest BCUT2D eigenvalue weighted by Crippen LogP contribution is 2.33. The minimum Gasteiger partial charge on any atom is -0.497 e. The molecule has 1 aromatic rings. The fraction of sp³-hybridized carbons (Fsp3) is 0.438. The largest absolute Gasteiger partial charge is 0.497 e. The van der Waals surface area contributed by atoms with Gasteiger partial charge in [0.05, 0.1) is 13.7 Å². The van der Waals surface area contributed by atoms with E-state index in [1.54, 1.807) is 7.11 Å². The van der Waals surface area contributed by atoms with Gasteiger partial charge in [0.25, 0.3) is 0 Å². The molecule has 1 heterocycles. The van der Waals surface area contributed by atoms with Crippen LogP contribution in [0.4, 0.5) is 5.69 Å². The highest BCUT2D eigenvalue weighted by Gasteiger charge is 2.33. The summed E-state index contributed by atoms with van der Waals surface area (Å²) < 4.78 is 10.4. The van der Waals surface area contributed by atoms with Crippen molar-refractivity contribution in [1.29, 1.82) is 0 Å². The van der Waals surface area contributed by atoms with Crippen LogP contribution in [-0.4, -0.2) is 25.7 Å². The zero-order valence-electron chi connectivity index (χ0n) is 12.0. The summed E-state index contributed by atoms with van der Waals surface area (Å²) >= 11 is 0. The maximum Gasteiger partial charge on any atom is 0.328 e. The van der Waals surface area contributed by atoms with Crippen LogP contribution in [0.5, 0.6) is 5.75 Å². The number of fused-ring (bicyclic) bond motifs is 1. The van der Waals surface area contributed by atoms with E-state index in [4.69, 9.17) is 9.47 Å². The monoisotopic (exact) mass is 275 g/mol. The van der Waals surface area contributed by atoms with Crippen molar-refractivity contribution in [1.82, 2.24) is 0 Å². The molecule has 2 atom stereocenters. The molecule has 0 saturated carbocycles. The summed E-state index contributed by atoms with van der Waals surface area (Å²) in [7, 11) is 1.65. The molecule has 2 rings (SSSR count). The van der Waals surface area contributed by atoms with Gasteiger partial charge in [0, 0.05) is 5.69 Å². The lowest BCUT2D eigenvalue weighted by Gasteiger charge is -2.32. The van der Waals surface area contributed by atoms with Gasteiger partial charge in [-0.3, -0.25) is 0 Å². The first-order valence-corrected chi connectivity index (χ1v) is 6.90. The number of anilines is 1. The van der Waals surface area contributed by atoms with Crippen molar-refractivity contribution in [3.63, 3.8) is 0 Å². The minimum atomic E-state index is -0.311. The molecule has 0 aromatic heterocycles. The second kappa shape index (κ2) is 6.46. The molecule has 108 valence electrons. The second-order valence-electron chi connectivity index (χ2n) is 4.89. The van der Waals surface area contributed by atoms with Crippen LogP contribution in [0.1, 0.15) is 18.9 Å². The summed E-state index contributed by atoms with van der Waals surface area (Å²) in [5.41, 5.74) is 2.14. The number of esters is 1. The van der Waals surface area contributed by atoms with Gasteiger partial charge in [0.2, 0.25) is 0 Å². The normalized spacial score (nSPS) is 20.5. The number of carbonyl (C=O) groups is 1. The van der Waals surface area contributed by atoms with Gasteiger partial charge in [-0.25, -0.2) is 4.79 Å². The summed E-state index contributed by atoms with van der Waals surface area (Å²) in [5, 5.41) is 3.29. The van der Waals surface area contributed by atoms with Gasteiger partial charge >= 0.3 is 5.97 Å². The van der Waals surface area contributed by atoms with Crippen LogP contribution in [0, 0.1) is 5.92 Å². The first-order valence-electron chi connectivity index (χ1n) is 6.90. The third-order valence-electron chi connectivity index (χ3n) is 3.59. The molecule has 0 amide bonds. The fourth-order valence-electron chi connectivity index (χ4n) is 2.61. The van der Waals surface area contributed by atoms with E-state index in [9.17, 15) is 4.79 Å². The van der Waals surface area contributed by atoms with Crippen molar-refractivity contribution < 1.29 is 14.3 Å². The van der Waals surface area contributed by atoms with Crippen molar-refractivity contribution in [3.8, 4) is 5.75 Å². The van der Waals surface area contributed by atoms with Gasteiger partial charge in [-0.2, -0.15) is 0 Å². The molecule has 1 N–H and O–H groups in total. The van der Waals surface area contributed by atoms with Crippen molar-refractivity contribution in [2.24, 2.45) is 5.92 Å².